The Balaban J connectivity index is 2.58. The fourth-order valence-electron chi connectivity index (χ4n) is 2.45. The Morgan fingerprint density at radius 2 is 1.45 bits per heavy atom. The number of aryl methyl sites for hydroxylation is 1. The van der Waals surface area contributed by atoms with E-state index in [9.17, 15) is 0 Å². The Labute approximate surface area is 120 Å². The Morgan fingerprint density at radius 1 is 0.900 bits per heavy atom. The van der Waals surface area contributed by atoms with Crippen LogP contribution in [0.3, 0.4) is 0 Å². The predicted molar refractivity (Wildman–Crippen MR) is 81.5 cm³/mol. The topological polar surface area (TPSA) is 44.5 Å². The first kappa shape index (κ1) is 14.4. The van der Waals surface area contributed by atoms with E-state index in [2.05, 4.69) is 26.0 Å². The van der Waals surface area contributed by atoms with Crippen LogP contribution in [0.1, 0.15) is 28.3 Å². The van der Waals surface area contributed by atoms with Crippen molar-refractivity contribution in [3.05, 3.63) is 58.7 Å². The molecule has 0 aliphatic heterocycles. The minimum Gasteiger partial charge on any atom is -0.496 e. The molecule has 0 saturated carbocycles. The van der Waals surface area contributed by atoms with Crippen molar-refractivity contribution >= 4 is 0 Å². The quantitative estimate of drug-likeness (QED) is 0.927. The monoisotopic (exact) mass is 271 g/mol. The summed E-state index contributed by atoms with van der Waals surface area (Å²) in [4.78, 5) is 0. The minimum absolute atomic E-state index is 0.277. The SMILES string of the molecule is COc1cccc(OC)c1C(N)c1cccc(C)c1C. The third-order valence-corrected chi connectivity index (χ3v) is 3.76. The van der Waals surface area contributed by atoms with Crippen LogP contribution in [0.4, 0.5) is 0 Å². The molecule has 0 bridgehead atoms. The Morgan fingerprint density at radius 3 is 2.00 bits per heavy atom. The molecule has 0 amide bonds. The highest BCUT2D eigenvalue weighted by Crippen LogP contribution is 2.37. The maximum Gasteiger partial charge on any atom is 0.127 e. The normalized spacial score (nSPS) is 12.1. The van der Waals surface area contributed by atoms with E-state index in [0.29, 0.717) is 0 Å². The van der Waals surface area contributed by atoms with Gasteiger partial charge in [-0.15, -0.1) is 0 Å². The molecule has 3 nitrogen and oxygen atoms in total. The largest absolute Gasteiger partial charge is 0.496 e. The fourth-order valence-corrected chi connectivity index (χ4v) is 2.45. The Hall–Kier alpha value is -2.00. The Bertz CT molecular complexity index is 586. The van der Waals surface area contributed by atoms with Crippen LogP contribution in [0.5, 0.6) is 11.5 Å². The first-order valence-corrected chi connectivity index (χ1v) is 6.62. The van der Waals surface area contributed by atoms with Crippen molar-refractivity contribution in [1.29, 1.82) is 0 Å². The first-order valence-electron chi connectivity index (χ1n) is 6.62. The standard InChI is InChI=1S/C17H21NO2/c1-11-7-5-8-13(12(11)2)17(18)16-14(19-3)9-6-10-15(16)20-4/h5-10,17H,18H2,1-4H3. The molecule has 2 rings (SSSR count). The number of nitrogens with two attached hydrogens (primary N) is 1. The van der Waals surface area contributed by atoms with Crippen molar-refractivity contribution in [2.45, 2.75) is 19.9 Å². The number of rotatable bonds is 4. The summed E-state index contributed by atoms with van der Waals surface area (Å²) >= 11 is 0. The molecule has 1 atom stereocenters. The maximum atomic E-state index is 6.48. The molecule has 2 N–H and O–H groups in total. The minimum atomic E-state index is -0.277. The van der Waals surface area contributed by atoms with E-state index >= 15 is 0 Å². The second kappa shape index (κ2) is 5.97. The van der Waals surface area contributed by atoms with Gasteiger partial charge in [-0.25, -0.2) is 0 Å². The van der Waals surface area contributed by atoms with Crippen molar-refractivity contribution in [2.24, 2.45) is 5.73 Å². The van der Waals surface area contributed by atoms with Crippen LogP contribution in [0, 0.1) is 13.8 Å². The summed E-state index contributed by atoms with van der Waals surface area (Å²) in [6.07, 6.45) is 0. The molecule has 3 heteroatoms. The molecule has 0 heterocycles. The van der Waals surface area contributed by atoms with Gasteiger partial charge in [0.25, 0.3) is 0 Å². The lowest BCUT2D eigenvalue weighted by Crippen LogP contribution is -2.16. The lowest BCUT2D eigenvalue weighted by molar-refractivity contribution is 0.382. The first-order chi connectivity index (χ1) is 9.60. The van der Waals surface area contributed by atoms with Gasteiger partial charge in [0.05, 0.1) is 25.8 Å². The summed E-state index contributed by atoms with van der Waals surface area (Å²) < 4.78 is 10.9. The number of hydrogen-bond donors (Lipinski definition) is 1. The maximum absolute atomic E-state index is 6.48. The number of benzene rings is 2. The van der Waals surface area contributed by atoms with E-state index in [1.54, 1.807) is 14.2 Å². The van der Waals surface area contributed by atoms with E-state index in [4.69, 9.17) is 15.2 Å². The van der Waals surface area contributed by atoms with Crippen molar-refractivity contribution < 1.29 is 9.47 Å². The summed E-state index contributed by atoms with van der Waals surface area (Å²) in [5.41, 5.74) is 10.9. The van der Waals surface area contributed by atoms with Crippen LogP contribution in [0.2, 0.25) is 0 Å². The van der Waals surface area contributed by atoms with Gasteiger partial charge in [-0.1, -0.05) is 24.3 Å². The lowest BCUT2D eigenvalue weighted by atomic mass is 9.92. The van der Waals surface area contributed by atoms with Gasteiger partial charge in [0, 0.05) is 0 Å². The van der Waals surface area contributed by atoms with Crippen molar-refractivity contribution in [3.63, 3.8) is 0 Å². The lowest BCUT2D eigenvalue weighted by Gasteiger charge is -2.21. The van der Waals surface area contributed by atoms with Crippen LogP contribution in [0.25, 0.3) is 0 Å². The van der Waals surface area contributed by atoms with Crippen LogP contribution < -0.4 is 15.2 Å². The van der Waals surface area contributed by atoms with Crippen LogP contribution in [-0.2, 0) is 0 Å². The number of ether oxygens (including phenoxy) is 2. The van der Waals surface area contributed by atoms with E-state index < -0.39 is 0 Å². The molecule has 0 saturated heterocycles. The van der Waals surface area contributed by atoms with Crippen LogP contribution >= 0.6 is 0 Å². The van der Waals surface area contributed by atoms with Gasteiger partial charge in [0.15, 0.2) is 0 Å². The van der Waals surface area contributed by atoms with Crippen molar-refractivity contribution in [3.8, 4) is 11.5 Å². The highest BCUT2D eigenvalue weighted by atomic mass is 16.5. The second-order valence-corrected chi connectivity index (χ2v) is 4.84. The summed E-state index contributed by atoms with van der Waals surface area (Å²) in [5.74, 6) is 1.50. The molecule has 0 aromatic heterocycles. The van der Waals surface area contributed by atoms with E-state index in [0.717, 1.165) is 22.6 Å². The summed E-state index contributed by atoms with van der Waals surface area (Å²) in [6, 6.07) is 11.6. The zero-order valence-electron chi connectivity index (χ0n) is 12.4. The highest BCUT2D eigenvalue weighted by molar-refractivity contribution is 5.52. The predicted octanol–water partition coefficient (Wildman–Crippen LogP) is 3.37. The van der Waals surface area contributed by atoms with E-state index in [1.165, 1.54) is 11.1 Å². The third kappa shape index (κ3) is 2.49. The molecule has 106 valence electrons. The van der Waals surface area contributed by atoms with Crippen molar-refractivity contribution in [1.82, 2.24) is 0 Å². The summed E-state index contributed by atoms with van der Waals surface area (Å²) in [7, 11) is 3.29. The molecule has 0 aliphatic rings. The molecule has 2 aromatic carbocycles. The molecule has 0 radical (unpaired) electrons. The molecule has 0 aliphatic carbocycles. The summed E-state index contributed by atoms with van der Waals surface area (Å²) in [5, 5.41) is 0. The van der Waals surface area contributed by atoms with E-state index in [1.807, 2.05) is 24.3 Å². The van der Waals surface area contributed by atoms with Gasteiger partial charge >= 0.3 is 0 Å². The molecule has 2 aromatic rings. The van der Waals surface area contributed by atoms with Crippen molar-refractivity contribution in [2.75, 3.05) is 14.2 Å². The molecular weight excluding hydrogens is 250 g/mol. The molecule has 0 fully saturated rings. The third-order valence-electron chi connectivity index (χ3n) is 3.76. The average Bonchev–Trinajstić information content (AvgIpc) is 2.48. The highest BCUT2D eigenvalue weighted by Gasteiger charge is 2.20. The van der Waals surface area contributed by atoms with Gasteiger partial charge in [-0.2, -0.15) is 0 Å². The van der Waals surface area contributed by atoms with Gasteiger partial charge in [0.1, 0.15) is 11.5 Å². The van der Waals surface area contributed by atoms with Gasteiger partial charge < -0.3 is 15.2 Å². The molecular formula is C17H21NO2. The Kier molecular flexibility index (Phi) is 4.30. The average molecular weight is 271 g/mol. The zero-order valence-corrected chi connectivity index (χ0v) is 12.4. The van der Waals surface area contributed by atoms with Gasteiger partial charge in [-0.05, 0) is 42.7 Å². The zero-order chi connectivity index (χ0) is 14.7. The molecule has 0 spiro atoms. The second-order valence-electron chi connectivity index (χ2n) is 4.84. The van der Waals surface area contributed by atoms with Crippen LogP contribution in [0.15, 0.2) is 36.4 Å². The molecule has 1 unspecified atom stereocenters. The van der Waals surface area contributed by atoms with Crippen LogP contribution in [-0.4, -0.2) is 14.2 Å². The van der Waals surface area contributed by atoms with Gasteiger partial charge in [0.2, 0.25) is 0 Å². The number of methoxy groups -OCH3 is 2. The number of hydrogen-bond acceptors (Lipinski definition) is 3. The molecule has 20 heavy (non-hydrogen) atoms. The smallest absolute Gasteiger partial charge is 0.127 e. The van der Waals surface area contributed by atoms with E-state index in [-0.39, 0.29) is 6.04 Å². The summed E-state index contributed by atoms with van der Waals surface area (Å²) in [6.45, 7) is 4.18. The fraction of sp³-hybridized carbons (Fsp3) is 0.294. The van der Waals surface area contributed by atoms with Gasteiger partial charge in [-0.3, -0.25) is 0 Å².